The lowest BCUT2D eigenvalue weighted by Gasteiger charge is -2.25. The number of ether oxygens (including phenoxy) is 1. The average Bonchev–Trinajstić information content (AvgIpc) is 2.29. The molecule has 0 saturated carbocycles. The second-order valence-corrected chi connectivity index (χ2v) is 5.32. The van der Waals surface area contributed by atoms with E-state index in [1.54, 1.807) is 6.20 Å². The van der Waals surface area contributed by atoms with E-state index >= 15 is 0 Å². The molecule has 2 atom stereocenters. The molecule has 2 aromatic rings. The van der Waals surface area contributed by atoms with Crippen molar-refractivity contribution in [2.45, 2.75) is 25.6 Å². The van der Waals surface area contributed by atoms with E-state index in [9.17, 15) is 0 Å². The quantitative estimate of drug-likeness (QED) is 0.755. The Kier molecular flexibility index (Phi) is 3.11. The highest BCUT2D eigenvalue weighted by Crippen LogP contribution is 2.31. The molecule has 1 aromatic carbocycles. The molecule has 1 heterocycles. The number of nitrogens with zero attached hydrogens (tertiary/aromatic N) is 1. The van der Waals surface area contributed by atoms with Gasteiger partial charge >= 0.3 is 0 Å². The van der Waals surface area contributed by atoms with Gasteiger partial charge in [0.25, 0.3) is 0 Å². The first-order chi connectivity index (χ1) is 7.62. The van der Waals surface area contributed by atoms with Gasteiger partial charge in [0.15, 0.2) is 0 Å². The number of rotatable bonds is 3. The molecule has 2 nitrogen and oxygen atoms in total. The fourth-order valence-electron chi connectivity index (χ4n) is 1.48. The van der Waals surface area contributed by atoms with Crippen LogP contribution in [0.3, 0.4) is 0 Å². The molecule has 0 bridgehead atoms. The van der Waals surface area contributed by atoms with Crippen molar-refractivity contribution in [3.63, 3.8) is 0 Å². The van der Waals surface area contributed by atoms with Crippen molar-refractivity contribution in [3.05, 3.63) is 36.5 Å². The van der Waals surface area contributed by atoms with Gasteiger partial charge in [0.2, 0.25) is 0 Å². The van der Waals surface area contributed by atoms with Crippen LogP contribution in [-0.2, 0) is 0 Å². The van der Waals surface area contributed by atoms with Gasteiger partial charge in [0.1, 0.15) is 11.1 Å². The summed E-state index contributed by atoms with van der Waals surface area (Å²) in [7, 11) is 2.75. The minimum atomic E-state index is -0.218. The molecule has 1 aromatic heterocycles. The maximum absolute atomic E-state index is 5.99. The molecule has 2 unspecified atom stereocenters. The second-order valence-electron chi connectivity index (χ2n) is 4.09. The lowest BCUT2D eigenvalue weighted by Crippen LogP contribution is -2.22. The Labute approximate surface area is 98.2 Å². The molecule has 0 aliphatic rings. The minimum Gasteiger partial charge on any atom is -0.483 e. The summed E-state index contributed by atoms with van der Waals surface area (Å²) in [5.41, 5.74) is 0.969. The maximum Gasteiger partial charge on any atom is 0.131 e. The lowest BCUT2D eigenvalue weighted by molar-refractivity contribution is 0.183. The van der Waals surface area contributed by atoms with Crippen LogP contribution >= 0.6 is 9.24 Å². The molecule has 84 valence electrons. The standard InChI is InChI=1S/C13H16NOP/c1-3-13(2,16)15-12-8-9-14-11-7-5-4-6-10(11)12/h4-9H,3,16H2,1-2H3. The molecule has 0 radical (unpaired) electrons. The first-order valence-electron chi connectivity index (χ1n) is 5.44. The Morgan fingerprint density at radius 3 is 2.81 bits per heavy atom. The fraction of sp³-hybridized carbons (Fsp3) is 0.308. The van der Waals surface area contributed by atoms with Gasteiger partial charge in [0, 0.05) is 11.6 Å². The smallest absolute Gasteiger partial charge is 0.131 e. The van der Waals surface area contributed by atoms with Crippen LogP contribution in [0.15, 0.2) is 36.5 Å². The van der Waals surface area contributed by atoms with Gasteiger partial charge in [-0.05, 0) is 31.5 Å². The van der Waals surface area contributed by atoms with Crippen molar-refractivity contribution in [1.29, 1.82) is 0 Å². The normalized spacial score (nSPS) is 14.7. The summed E-state index contributed by atoms with van der Waals surface area (Å²) in [5.74, 6) is 0.893. The van der Waals surface area contributed by atoms with Crippen molar-refractivity contribution in [1.82, 2.24) is 4.98 Å². The number of hydrogen-bond donors (Lipinski definition) is 0. The zero-order valence-corrected chi connectivity index (χ0v) is 10.8. The van der Waals surface area contributed by atoms with Gasteiger partial charge in [-0.2, -0.15) is 0 Å². The molecule has 0 N–H and O–H groups in total. The third-order valence-corrected chi connectivity index (χ3v) is 3.18. The predicted molar refractivity (Wildman–Crippen MR) is 70.8 cm³/mol. The average molecular weight is 233 g/mol. The van der Waals surface area contributed by atoms with Gasteiger partial charge in [-0.25, -0.2) is 0 Å². The first kappa shape index (κ1) is 11.3. The summed E-state index contributed by atoms with van der Waals surface area (Å²) in [4.78, 5) is 4.31. The van der Waals surface area contributed by atoms with Gasteiger partial charge in [-0.1, -0.05) is 28.3 Å². The Morgan fingerprint density at radius 1 is 1.31 bits per heavy atom. The highest BCUT2D eigenvalue weighted by atomic mass is 31.0. The summed E-state index contributed by atoms with van der Waals surface area (Å²) in [6, 6.07) is 9.93. The monoisotopic (exact) mass is 233 g/mol. The third kappa shape index (κ3) is 2.33. The molecular weight excluding hydrogens is 217 g/mol. The molecule has 0 aliphatic heterocycles. The number of benzene rings is 1. The van der Waals surface area contributed by atoms with E-state index in [2.05, 4.69) is 28.1 Å². The minimum absolute atomic E-state index is 0.218. The zero-order valence-electron chi connectivity index (χ0n) is 9.60. The largest absolute Gasteiger partial charge is 0.483 e. The Balaban J connectivity index is 2.45. The van der Waals surface area contributed by atoms with Crippen LogP contribution in [0.5, 0.6) is 5.75 Å². The number of pyridine rings is 1. The van der Waals surface area contributed by atoms with Crippen LogP contribution in [0.25, 0.3) is 10.9 Å². The molecular formula is C13H16NOP. The molecule has 0 saturated heterocycles. The van der Waals surface area contributed by atoms with Crippen LogP contribution in [0.4, 0.5) is 0 Å². The summed E-state index contributed by atoms with van der Waals surface area (Å²) in [6.45, 7) is 4.17. The van der Waals surface area contributed by atoms with Crippen LogP contribution in [0, 0.1) is 0 Å². The van der Waals surface area contributed by atoms with Crippen LogP contribution in [0.2, 0.25) is 0 Å². The summed E-state index contributed by atoms with van der Waals surface area (Å²) in [5, 5.41) is 0.844. The van der Waals surface area contributed by atoms with Gasteiger partial charge < -0.3 is 4.74 Å². The fourth-order valence-corrected chi connectivity index (χ4v) is 1.61. The Hall–Kier alpha value is -1.14. The predicted octanol–water partition coefficient (Wildman–Crippen LogP) is 3.61. The number of aromatic nitrogens is 1. The van der Waals surface area contributed by atoms with Gasteiger partial charge in [0.05, 0.1) is 5.52 Å². The van der Waals surface area contributed by atoms with Crippen LogP contribution < -0.4 is 4.74 Å². The van der Waals surface area contributed by atoms with E-state index in [0.717, 1.165) is 23.1 Å². The highest BCUT2D eigenvalue weighted by molar-refractivity contribution is 7.18. The Morgan fingerprint density at radius 2 is 2.06 bits per heavy atom. The third-order valence-electron chi connectivity index (χ3n) is 2.65. The number of fused-ring (bicyclic) bond motifs is 1. The molecule has 0 fully saturated rings. The van der Waals surface area contributed by atoms with Crippen molar-refractivity contribution < 1.29 is 4.74 Å². The second kappa shape index (κ2) is 4.39. The maximum atomic E-state index is 5.99. The van der Waals surface area contributed by atoms with Crippen molar-refractivity contribution >= 4 is 20.1 Å². The van der Waals surface area contributed by atoms with E-state index in [4.69, 9.17) is 4.74 Å². The number of hydrogen-bond acceptors (Lipinski definition) is 2. The Bertz CT molecular complexity index is 491. The van der Waals surface area contributed by atoms with Crippen molar-refractivity contribution in [2.75, 3.05) is 0 Å². The summed E-state index contributed by atoms with van der Waals surface area (Å²) in [6.07, 6.45) is 2.72. The lowest BCUT2D eigenvalue weighted by atomic mass is 10.2. The van der Waals surface area contributed by atoms with Crippen LogP contribution in [0.1, 0.15) is 20.3 Å². The highest BCUT2D eigenvalue weighted by Gasteiger charge is 2.18. The summed E-state index contributed by atoms with van der Waals surface area (Å²) >= 11 is 0. The van der Waals surface area contributed by atoms with Gasteiger partial charge in [-0.15, -0.1) is 0 Å². The van der Waals surface area contributed by atoms with E-state index in [1.807, 2.05) is 30.3 Å². The molecule has 3 heteroatoms. The summed E-state index contributed by atoms with van der Waals surface area (Å²) < 4.78 is 5.99. The van der Waals surface area contributed by atoms with Crippen molar-refractivity contribution in [2.24, 2.45) is 0 Å². The van der Waals surface area contributed by atoms with E-state index in [0.29, 0.717) is 0 Å². The van der Waals surface area contributed by atoms with Crippen molar-refractivity contribution in [3.8, 4) is 5.75 Å². The number of para-hydroxylation sites is 1. The zero-order chi connectivity index (χ0) is 11.6. The first-order valence-corrected chi connectivity index (χ1v) is 6.02. The van der Waals surface area contributed by atoms with E-state index < -0.39 is 0 Å². The molecule has 0 spiro atoms. The van der Waals surface area contributed by atoms with E-state index in [1.165, 1.54) is 0 Å². The van der Waals surface area contributed by atoms with E-state index in [-0.39, 0.29) is 5.34 Å². The van der Waals surface area contributed by atoms with Gasteiger partial charge in [-0.3, -0.25) is 4.98 Å². The molecule has 0 aliphatic carbocycles. The molecule has 0 amide bonds. The molecule has 16 heavy (non-hydrogen) atoms. The molecule has 2 rings (SSSR count). The van der Waals surface area contributed by atoms with Crippen LogP contribution in [-0.4, -0.2) is 10.3 Å². The topological polar surface area (TPSA) is 22.1 Å². The SMILES string of the molecule is CCC(C)(P)Oc1ccnc2ccccc12.